The number of rotatable bonds is 6. The van der Waals surface area contributed by atoms with Gasteiger partial charge in [0.05, 0.1) is 12.4 Å². The Hall–Kier alpha value is -4.11. The summed E-state index contributed by atoms with van der Waals surface area (Å²) in [6.07, 6.45) is 11.7. The van der Waals surface area contributed by atoms with Gasteiger partial charge >= 0.3 is 20.2 Å². The molecule has 16 heteroatoms. The van der Waals surface area contributed by atoms with Crippen molar-refractivity contribution in [2.75, 3.05) is 26.2 Å². The quantitative estimate of drug-likeness (QED) is 0.132. The number of carbonyl (C=O) groups excluding carboxylic acids is 1. The highest BCUT2D eigenvalue weighted by molar-refractivity contribution is 8.93. The van der Waals surface area contributed by atoms with E-state index in [9.17, 15) is 19.6 Å². The van der Waals surface area contributed by atoms with Crippen molar-refractivity contribution in [3.63, 3.8) is 0 Å². The number of nitrogens with zero attached hydrogens (tertiary/aromatic N) is 3. The van der Waals surface area contributed by atoms with Crippen LogP contribution in [-0.2, 0) is 9.59 Å². The molecule has 2 fully saturated rings. The Morgan fingerprint density at radius 2 is 1.39 bits per heavy atom. The molecule has 4 atom stereocenters. The summed E-state index contributed by atoms with van der Waals surface area (Å²) >= 11 is 0. The van der Waals surface area contributed by atoms with Gasteiger partial charge in [0.15, 0.2) is 0 Å². The first kappa shape index (κ1) is 41.1. The minimum Gasteiger partial charge on any atom is -0.531 e. The fraction of sp³-hybridized carbons (Fsp3) is 0.474. The molecule has 4 aromatic rings. The highest BCUT2D eigenvalue weighted by atomic mass is 79.9. The van der Waals surface area contributed by atoms with E-state index >= 15 is 0 Å². The Balaban J connectivity index is 0.000000180. The molecule has 6 N–H and O–H groups in total. The lowest BCUT2D eigenvalue weighted by Gasteiger charge is -2.40. The molecular weight excluding hydrogens is 754 g/mol. The number of halogens is 1. The number of nitrogens with one attached hydrogen (secondary N) is 3. The molecule has 4 aliphatic rings. The third-order valence-corrected chi connectivity index (χ3v) is 10.7. The van der Waals surface area contributed by atoms with Gasteiger partial charge in [0, 0.05) is 72.7 Å². The second kappa shape index (κ2) is 18.5. The van der Waals surface area contributed by atoms with E-state index in [0.29, 0.717) is 48.6 Å². The number of aromatic amines is 2. The summed E-state index contributed by atoms with van der Waals surface area (Å²) in [6.45, 7) is 11.9. The molecule has 4 aliphatic heterocycles. The number of hydrogen-bond donors (Lipinski definition) is 6. The summed E-state index contributed by atoms with van der Waals surface area (Å²) in [5.74, 6) is 5.99. The molecule has 288 valence electrons. The summed E-state index contributed by atoms with van der Waals surface area (Å²) in [4.78, 5) is 39.0. The van der Waals surface area contributed by atoms with Crippen LogP contribution in [-0.4, -0.2) is 92.3 Å². The van der Waals surface area contributed by atoms with Gasteiger partial charge in [0.25, 0.3) is 0 Å². The fourth-order valence-corrected chi connectivity index (χ4v) is 7.87. The molecule has 2 saturated heterocycles. The van der Waals surface area contributed by atoms with Crippen LogP contribution < -0.4 is 14.6 Å². The molecule has 8 heterocycles. The summed E-state index contributed by atoms with van der Waals surface area (Å²) in [5, 5.41) is 33.6. The van der Waals surface area contributed by atoms with Crippen molar-refractivity contribution in [1.82, 2.24) is 30.2 Å². The van der Waals surface area contributed by atoms with E-state index in [-0.39, 0.29) is 28.8 Å². The molecule has 0 spiro atoms. The van der Waals surface area contributed by atoms with Crippen molar-refractivity contribution >= 4 is 76.3 Å². The lowest BCUT2D eigenvalue weighted by Crippen LogP contribution is -2.44. The minimum absolute atomic E-state index is 0. The maximum atomic E-state index is 12.4. The molecule has 1 amide bonds. The van der Waals surface area contributed by atoms with Gasteiger partial charge < -0.3 is 44.6 Å². The zero-order valence-corrected chi connectivity index (χ0v) is 33.1. The molecule has 0 radical (unpaired) electrons. The number of pyridine rings is 2. The highest BCUT2D eigenvalue weighted by Gasteiger charge is 2.37. The van der Waals surface area contributed by atoms with E-state index in [2.05, 4.69) is 39.1 Å². The Kier molecular flexibility index (Phi) is 14.1. The Morgan fingerprint density at radius 1 is 0.852 bits per heavy atom. The Morgan fingerprint density at radius 3 is 1.89 bits per heavy atom. The maximum absolute atomic E-state index is 12.4. The number of piperidine rings is 2. The predicted molar refractivity (Wildman–Crippen MR) is 217 cm³/mol. The van der Waals surface area contributed by atoms with Crippen LogP contribution in [0, 0.1) is 23.7 Å². The van der Waals surface area contributed by atoms with Gasteiger partial charge in [0.1, 0.15) is 22.8 Å². The first-order valence-corrected chi connectivity index (χ1v) is 18.9. The molecule has 4 aromatic heterocycles. The number of aliphatic carboxylic acids is 1. The molecule has 0 aliphatic carbocycles. The number of carboxylic acid groups (broad SMARTS) is 1. The SMILES string of the molecule is Br.CCCC(=O)N1CC[C@H](C)[C@H](C2=CB(O)Oc3cnc4[nH]ccc4c32)C1.CCCC(=O)O.C[C@H]1CCNC[C@H]1C1=CB(O)Oc2cnc3[nH]ccc3c21. The van der Waals surface area contributed by atoms with E-state index in [1.54, 1.807) is 18.4 Å². The van der Waals surface area contributed by atoms with Crippen LogP contribution in [0.1, 0.15) is 77.3 Å². The van der Waals surface area contributed by atoms with Crippen molar-refractivity contribution < 1.29 is 34.1 Å². The highest BCUT2D eigenvalue weighted by Crippen LogP contribution is 2.44. The van der Waals surface area contributed by atoms with Gasteiger partial charge in [-0.25, -0.2) is 9.97 Å². The maximum Gasteiger partial charge on any atom is 0.552 e. The molecule has 13 nitrogen and oxygen atoms in total. The Bertz CT molecular complexity index is 1990. The van der Waals surface area contributed by atoms with E-state index in [4.69, 9.17) is 14.4 Å². The topological polar surface area (TPSA) is 186 Å². The molecular formula is C38H51B2BrN6O7. The fourth-order valence-electron chi connectivity index (χ4n) is 7.87. The van der Waals surface area contributed by atoms with Crippen LogP contribution in [0.15, 0.2) is 48.9 Å². The Labute approximate surface area is 327 Å². The summed E-state index contributed by atoms with van der Waals surface area (Å²) in [7, 11) is -1.87. The normalized spacial score (nSPS) is 21.8. The minimum atomic E-state index is -0.982. The summed E-state index contributed by atoms with van der Waals surface area (Å²) < 4.78 is 11.1. The van der Waals surface area contributed by atoms with Crippen molar-refractivity contribution in [3.05, 3.63) is 60.0 Å². The van der Waals surface area contributed by atoms with E-state index < -0.39 is 20.2 Å². The van der Waals surface area contributed by atoms with Crippen LogP contribution in [0.3, 0.4) is 0 Å². The van der Waals surface area contributed by atoms with E-state index in [0.717, 1.165) is 84.1 Å². The largest absolute Gasteiger partial charge is 0.552 e. The van der Waals surface area contributed by atoms with Gasteiger partial charge in [-0.05, 0) is 85.2 Å². The van der Waals surface area contributed by atoms with Crippen LogP contribution in [0.25, 0.3) is 33.2 Å². The lowest BCUT2D eigenvalue weighted by atomic mass is 9.71. The number of carbonyl (C=O) groups is 2. The smallest absolute Gasteiger partial charge is 0.531 e. The first-order valence-electron chi connectivity index (χ1n) is 18.9. The number of hydrogen-bond acceptors (Lipinski definition) is 9. The number of aromatic nitrogens is 4. The number of H-pyrrole nitrogens is 2. The van der Waals surface area contributed by atoms with Crippen LogP contribution >= 0.6 is 17.0 Å². The average Bonchev–Trinajstić information content (AvgIpc) is 3.82. The van der Waals surface area contributed by atoms with Gasteiger partial charge in [-0.1, -0.05) is 27.7 Å². The van der Waals surface area contributed by atoms with Gasteiger partial charge in [-0.2, -0.15) is 0 Å². The second-order valence-electron chi connectivity index (χ2n) is 14.4. The average molecular weight is 805 g/mol. The third kappa shape index (κ3) is 9.05. The van der Waals surface area contributed by atoms with Gasteiger partial charge in [-0.3, -0.25) is 9.59 Å². The van der Waals surface area contributed by atoms with Crippen molar-refractivity contribution in [1.29, 1.82) is 0 Å². The number of fused-ring (bicyclic) bond motifs is 6. The molecule has 0 aromatic carbocycles. The second-order valence-corrected chi connectivity index (χ2v) is 14.4. The molecule has 0 unspecified atom stereocenters. The van der Waals surface area contributed by atoms with Crippen molar-refractivity contribution in [2.24, 2.45) is 23.7 Å². The number of amides is 1. The first-order chi connectivity index (χ1) is 25.6. The molecule has 54 heavy (non-hydrogen) atoms. The van der Waals surface area contributed by atoms with Crippen LogP contribution in [0.2, 0.25) is 0 Å². The standard InChI is InChI=1S/C19H24BN3O3.C15H18BN3O2.C4H8O2.BrH/c1-3-4-17(24)23-8-6-12(2)15(11-23)14-9-20(25)26-16-10-22-19-13(18(14)16)5-7-21-19;1-9-2-4-17-7-12(9)11-6-16(20)21-13-8-19-15-10(14(11)13)3-5-18-15;1-2-3-4(5)6;/h5,7,9-10,12,15,25H,3-4,6,8,11H2,1-2H3,(H,21,22);3,5-6,8-9,12,17,20H,2,4,7H2,1H3,(H,18,19);2-3H2,1H3,(H,5,6);1H/t12-,15+;9-,12+;;/m00../s1. The molecule has 8 rings (SSSR count). The predicted octanol–water partition coefficient (Wildman–Crippen LogP) is 5.70. The van der Waals surface area contributed by atoms with Crippen LogP contribution in [0.4, 0.5) is 0 Å². The van der Waals surface area contributed by atoms with Crippen LogP contribution in [0.5, 0.6) is 11.5 Å². The lowest BCUT2D eigenvalue weighted by molar-refractivity contribution is -0.137. The third-order valence-electron chi connectivity index (χ3n) is 10.7. The van der Waals surface area contributed by atoms with Crippen molar-refractivity contribution in [3.8, 4) is 11.5 Å². The molecule has 0 bridgehead atoms. The summed E-state index contributed by atoms with van der Waals surface area (Å²) in [5.41, 5.74) is 5.96. The van der Waals surface area contributed by atoms with Crippen molar-refractivity contribution in [2.45, 2.75) is 66.2 Å². The van der Waals surface area contributed by atoms with E-state index in [1.165, 1.54) is 5.57 Å². The van der Waals surface area contributed by atoms with Gasteiger partial charge in [0.2, 0.25) is 5.91 Å². The van der Waals surface area contributed by atoms with Gasteiger partial charge in [-0.15, -0.1) is 17.0 Å². The van der Waals surface area contributed by atoms with E-state index in [1.807, 2.05) is 49.2 Å². The zero-order valence-electron chi connectivity index (χ0n) is 31.4. The zero-order chi connectivity index (χ0) is 37.6. The number of carboxylic acids is 1. The number of likely N-dealkylation sites (tertiary alicyclic amines) is 1. The molecule has 0 saturated carbocycles. The monoisotopic (exact) mass is 804 g/mol. The summed E-state index contributed by atoms with van der Waals surface area (Å²) in [6, 6.07) is 4.01.